The predicted molar refractivity (Wildman–Crippen MR) is 228 cm³/mol. The Morgan fingerprint density at radius 1 is 0.952 bits per heavy atom. The molecule has 3 rings (SSSR count). The fraction of sp³-hybridized carbons (Fsp3) is 0.714. The average molecular weight is 976 g/mol. The minimum Gasteiger partial charge on any atom is -0.386 e. The molecule has 0 aliphatic carbocycles. The number of nitrogens with zero attached hydrogens (tertiary/aromatic N) is 4. The van der Waals surface area contributed by atoms with Gasteiger partial charge in [-0.05, 0) is 25.7 Å². The zero-order valence-corrected chi connectivity index (χ0v) is 38.8. The highest BCUT2D eigenvalue weighted by Crippen LogP contribution is 2.61. The number of ether oxygens (including phenoxy) is 1. The third-order valence-electron chi connectivity index (χ3n) is 9.41. The molecule has 10 N–H and O–H groups in total. The van der Waals surface area contributed by atoms with E-state index in [0.717, 1.165) is 48.2 Å². The molecule has 7 atom stereocenters. The number of aliphatic hydroxyl groups is 2. The molecule has 1 aliphatic rings. The van der Waals surface area contributed by atoms with Crippen molar-refractivity contribution in [3.8, 4) is 0 Å². The summed E-state index contributed by atoms with van der Waals surface area (Å²) in [5, 5.41) is 26.6. The van der Waals surface area contributed by atoms with Crippen molar-refractivity contribution in [2.75, 3.05) is 37.8 Å². The van der Waals surface area contributed by atoms with Crippen molar-refractivity contribution in [2.45, 2.75) is 122 Å². The lowest BCUT2D eigenvalue weighted by Crippen LogP contribution is -2.46. The van der Waals surface area contributed by atoms with Gasteiger partial charge in [0.05, 0.1) is 19.5 Å². The first-order valence-corrected chi connectivity index (χ1v) is 25.8. The van der Waals surface area contributed by atoms with E-state index < -0.39 is 84.6 Å². The highest BCUT2D eigenvalue weighted by molar-refractivity contribution is 8.13. The van der Waals surface area contributed by atoms with Gasteiger partial charge < -0.3 is 50.9 Å². The molecule has 28 heteroatoms. The van der Waals surface area contributed by atoms with Gasteiger partial charge in [0.15, 0.2) is 22.8 Å². The van der Waals surface area contributed by atoms with Crippen LogP contribution in [0.25, 0.3) is 11.2 Å². The van der Waals surface area contributed by atoms with E-state index in [0.29, 0.717) is 12.2 Å². The lowest BCUT2D eigenvalue weighted by atomic mass is 9.87. The number of anilines is 1. The van der Waals surface area contributed by atoms with Gasteiger partial charge in [0.1, 0.15) is 36.3 Å². The zero-order valence-electron chi connectivity index (χ0n) is 35.3. The largest absolute Gasteiger partial charge is 0.481 e. The molecule has 0 saturated carbocycles. The van der Waals surface area contributed by atoms with Gasteiger partial charge in [-0.2, -0.15) is 4.31 Å². The lowest BCUT2D eigenvalue weighted by Gasteiger charge is -2.30. The van der Waals surface area contributed by atoms with Gasteiger partial charge in [0.25, 0.3) is 0 Å². The number of hydrogen-bond donors (Lipinski definition) is 9. The number of nitrogens with one attached hydrogen (secondary N) is 2. The third-order valence-corrected chi connectivity index (χ3v) is 13.4. The number of aromatic nitrogens is 4. The van der Waals surface area contributed by atoms with Crippen LogP contribution in [0.2, 0.25) is 0 Å². The van der Waals surface area contributed by atoms with Crippen LogP contribution in [0.4, 0.5) is 5.82 Å². The molecule has 3 heterocycles. The van der Waals surface area contributed by atoms with Crippen LogP contribution in [-0.4, -0.2) is 123 Å². The van der Waals surface area contributed by atoms with Gasteiger partial charge in [-0.3, -0.25) is 32.5 Å². The number of phosphoric ester groups is 3. The molecule has 1 saturated heterocycles. The van der Waals surface area contributed by atoms with Crippen molar-refractivity contribution in [3.63, 3.8) is 0 Å². The summed E-state index contributed by atoms with van der Waals surface area (Å²) in [4.78, 5) is 88.1. The number of nitrogens with two attached hydrogens (primary N) is 1. The molecular weight excluding hydrogens is 915 g/mol. The monoisotopic (exact) mass is 975 g/mol. The number of carbonyl (C=O) groups is 3. The number of carbonyl (C=O) groups excluding carboxylic acids is 3. The number of thioether (sulfide) groups is 1. The second-order valence-electron chi connectivity index (χ2n) is 15.2. The Morgan fingerprint density at radius 2 is 1.62 bits per heavy atom. The van der Waals surface area contributed by atoms with Crippen LogP contribution in [0.15, 0.2) is 24.8 Å². The number of rotatable bonds is 30. The number of aliphatic hydroxyl groups excluding tert-OH is 2. The minimum atomic E-state index is -5.57. The van der Waals surface area contributed by atoms with E-state index >= 15 is 0 Å². The zero-order chi connectivity index (χ0) is 46.8. The van der Waals surface area contributed by atoms with Gasteiger partial charge in [-0.25, -0.2) is 28.6 Å². The van der Waals surface area contributed by atoms with E-state index in [-0.39, 0.29) is 41.6 Å². The Kier molecular flexibility index (Phi) is 22.4. The first kappa shape index (κ1) is 54.6. The highest BCUT2D eigenvalue weighted by atomic mass is 32.2. The molecule has 1 fully saturated rings. The van der Waals surface area contributed by atoms with Crippen LogP contribution in [0, 0.1) is 5.41 Å². The summed E-state index contributed by atoms with van der Waals surface area (Å²) in [6.07, 6.45) is 7.98. The smallest absolute Gasteiger partial charge is 0.386 e. The summed E-state index contributed by atoms with van der Waals surface area (Å²) in [6, 6.07) is 0. The number of phosphoric acid groups is 3. The number of hydrogen-bond acceptors (Lipinski definition) is 18. The summed E-state index contributed by atoms with van der Waals surface area (Å²) in [6.45, 7) is 2.75. The van der Waals surface area contributed by atoms with Crippen molar-refractivity contribution in [1.82, 2.24) is 30.2 Å². The summed E-state index contributed by atoms with van der Waals surface area (Å²) in [7, 11) is -16.4. The van der Waals surface area contributed by atoms with Crippen LogP contribution in [0.3, 0.4) is 0 Å². The van der Waals surface area contributed by atoms with Crippen molar-refractivity contribution in [2.24, 2.45) is 5.41 Å². The van der Waals surface area contributed by atoms with E-state index in [1.165, 1.54) is 52.4 Å². The Morgan fingerprint density at radius 3 is 2.32 bits per heavy atom. The van der Waals surface area contributed by atoms with E-state index in [1.54, 1.807) is 0 Å². The van der Waals surface area contributed by atoms with E-state index in [2.05, 4.69) is 53.5 Å². The van der Waals surface area contributed by atoms with Crippen molar-refractivity contribution in [3.05, 3.63) is 24.8 Å². The van der Waals surface area contributed by atoms with Gasteiger partial charge >= 0.3 is 23.5 Å². The quantitative estimate of drug-likeness (QED) is 0.0308. The number of nitrogen functional groups attached to an aromatic ring is 1. The number of amides is 2. The molecule has 0 radical (unpaired) electrons. The van der Waals surface area contributed by atoms with E-state index in [1.807, 2.05) is 0 Å². The first-order valence-electron chi connectivity index (χ1n) is 20.3. The van der Waals surface area contributed by atoms with Crippen LogP contribution >= 0.6 is 35.2 Å². The molecule has 0 spiro atoms. The van der Waals surface area contributed by atoms with Crippen molar-refractivity contribution in [1.29, 1.82) is 0 Å². The minimum absolute atomic E-state index is 0.0323. The van der Waals surface area contributed by atoms with Gasteiger partial charge in [-0.15, -0.1) is 0 Å². The van der Waals surface area contributed by atoms with Crippen LogP contribution in [0.1, 0.15) is 97.6 Å². The third kappa shape index (κ3) is 19.4. The standard InChI is InChI=1S/C35H60N7O17P3S/c1-4-5-6-7-8-9-10-11-12-13-14-15-26(44)63-19-18-37-25(43)16-17-38-33(47)30(46)35(2,3)21-56-62(53,54)59-61(51,52)55-20-24-29(58-60(48,49)50)28(45)34(57-24)42-23-41-27-31(36)39-22-40-32(27)42/h11-12,22-24,28-30,34,45-46H,4-10,13-21H2,1-3H3,(H,37,43)(H,38,47)(H,51,52)(H,53,54)(H2,36,39,40)(H2,48,49,50)/b12-11+/t24-,28-,29-,30+,34-/m1/s1. The number of fused-ring (bicyclic) bond motifs is 1. The molecule has 0 bridgehead atoms. The second-order valence-corrected chi connectivity index (χ2v) is 20.6. The van der Waals surface area contributed by atoms with Crippen molar-refractivity contribution < 1.29 is 80.5 Å². The maximum Gasteiger partial charge on any atom is 0.481 e. The van der Waals surface area contributed by atoms with Crippen LogP contribution in [0.5, 0.6) is 0 Å². The Balaban J connectivity index is 1.36. The Bertz CT molecular complexity index is 1970. The Labute approximate surface area is 368 Å². The molecule has 2 amide bonds. The van der Waals surface area contributed by atoms with Crippen molar-refractivity contribution >= 4 is 69.1 Å². The van der Waals surface area contributed by atoms with E-state index in [4.69, 9.17) is 19.5 Å². The summed E-state index contributed by atoms with van der Waals surface area (Å²) in [5.41, 5.74) is 4.28. The fourth-order valence-electron chi connectivity index (χ4n) is 6.01. The topological polar surface area (TPSA) is 364 Å². The predicted octanol–water partition coefficient (Wildman–Crippen LogP) is 3.14. The maximum atomic E-state index is 12.7. The van der Waals surface area contributed by atoms with Gasteiger partial charge in [0, 0.05) is 37.1 Å². The number of allylic oxidation sites excluding steroid dienone is 2. The first-order chi connectivity index (χ1) is 29.6. The maximum absolute atomic E-state index is 12.7. The molecule has 358 valence electrons. The fourth-order valence-corrected chi connectivity index (χ4v) is 9.56. The van der Waals surface area contributed by atoms with Crippen LogP contribution < -0.4 is 16.4 Å². The molecule has 2 aromatic rings. The normalized spacial score (nSPS) is 20.7. The molecule has 0 aromatic carbocycles. The second kappa shape index (κ2) is 25.9. The summed E-state index contributed by atoms with van der Waals surface area (Å²) >= 11 is 1.13. The lowest BCUT2D eigenvalue weighted by molar-refractivity contribution is -0.137. The molecule has 1 aliphatic heterocycles. The summed E-state index contributed by atoms with van der Waals surface area (Å²) in [5.74, 6) is -1.05. The number of unbranched alkanes of at least 4 members (excludes halogenated alkanes) is 7. The molecule has 2 unspecified atom stereocenters. The average Bonchev–Trinajstić information content (AvgIpc) is 3.76. The van der Waals surface area contributed by atoms with E-state index in [9.17, 15) is 57.9 Å². The Hall–Kier alpha value is -2.70. The molecular formula is C35H60N7O17P3S. The van der Waals surface area contributed by atoms with Gasteiger partial charge in [-0.1, -0.05) is 76.8 Å². The number of imidazole rings is 1. The highest BCUT2D eigenvalue weighted by Gasteiger charge is 2.50. The SMILES string of the molecule is CCCCCCCC/C=C/CCCC(=O)SCCNC(=O)CCNC(=O)[C@H](O)C(C)(C)COP(=O)(O)OP(=O)(O)OC[C@H]1O[C@@H](n2cnc3c(N)ncnc32)[C@H](O)[C@@H]1OP(=O)(O)O. The molecule has 2 aromatic heterocycles. The summed E-state index contributed by atoms with van der Waals surface area (Å²) < 4.78 is 62.3. The van der Waals surface area contributed by atoms with Crippen LogP contribution in [-0.2, 0) is 50.7 Å². The molecule has 63 heavy (non-hydrogen) atoms. The molecule has 24 nitrogen and oxygen atoms in total. The van der Waals surface area contributed by atoms with Gasteiger partial charge in [0.2, 0.25) is 11.8 Å².